The second-order valence-corrected chi connectivity index (χ2v) is 2.07. The van der Waals surface area contributed by atoms with Crippen molar-refractivity contribution in [2.45, 2.75) is 0 Å². The van der Waals surface area contributed by atoms with E-state index in [1.165, 1.54) is 6.07 Å². The van der Waals surface area contributed by atoms with Crippen molar-refractivity contribution < 1.29 is 15.2 Å². The van der Waals surface area contributed by atoms with Crippen LogP contribution in [0.25, 0.3) is 0 Å². The summed E-state index contributed by atoms with van der Waals surface area (Å²) in [7, 11) is 0. The summed E-state index contributed by atoms with van der Waals surface area (Å²) in [6.45, 7) is 0. The second kappa shape index (κ2) is 2.95. The Morgan fingerprint density at radius 1 is 1.42 bits per heavy atom. The number of anilines is 1. The van der Waals surface area contributed by atoms with E-state index in [1.54, 1.807) is 5.43 Å². The van der Waals surface area contributed by atoms with Gasteiger partial charge in [-0.2, -0.15) is 0 Å². The van der Waals surface area contributed by atoms with Gasteiger partial charge in [0, 0.05) is 6.07 Å². The summed E-state index contributed by atoms with van der Waals surface area (Å²) in [6.07, 6.45) is 0. The average molecular weight is 170 g/mol. The number of phenols is 2. The molecule has 1 rings (SSSR count). The normalized spacial score (nSPS) is 9.33. The molecular formula is C6H6N2O4. The first-order chi connectivity index (χ1) is 5.59. The molecule has 12 heavy (non-hydrogen) atoms. The van der Waals surface area contributed by atoms with Gasteiger partial charge in [-0.25, -0.2) is 10.1 Å². The Labute approximate surface area is 67.2 Å². The van der Waals surface area contributed by atoms with Crippen molar-refractivity contribution in [1.29, 1.82) is 0 Å². The third-order valence-corrected chi connectivity index (χ3v) is 1.19. The van der Waals surface area contributed by atoms with Crippen molar-refractivity contribution in [2.75, 3.05) is 5.43 Å². The Bertz CT molecular complexity index is 312. The number of rotatable bonds is 2. The van der Waals surface area contributed by atoms with Crippen molar-refractivity contribution in [1.82, 2.24) is 0 Å². The highest BCUT2D eigenvalue weighted by atomic mass is 16.7. The second-order valence-electron chi connectivity index (χ2n) is 2.07. The fourth-order valence-electron chi connectivity index (χ4n) is 0.712. The highest BCUT2D eigenvalue weighted by Crippen LogP contribution is 2.26. The van der Waals surface area contributed by atoms with Crippen LogP contribution < -0.4 is 5.43 Å². The van der Waals surface area contributed by atoms with Gasteiger partial charge >= 0.3 is 0 Å². The van der Waals surface area contributed by atoms with Crippen LogP contribution >= 0.6 is 0 Å². The van der Waals surface area contributed by atoms with Gasteiger partial charge in [0.05, 0.1) is 0 Å². The summed E-state index contributed by atoms with van der Waals surface area (Å²) in [5, 5.41) is 27.0. The van der Waals surface area contributed by atoms with E-state index in [4.69, 9.17) is 10.2 Å². The number of hydrogen-bond acceptors (Lipinski definition) is 4. The Morgan fingerprint density at radius 3 is 2.67 bits per heavy atom. The van der Waals surface area contributed by atoms with Crippen LogP contribution in [0, 0.1) is 10.1 Å². The number of nitro groups is 1. The lowest BCUT2D eigenvalue weighted by molar-refractivity contribution is -0.445. The van der Waals surface area contributed by atoms with E-state index in [0.29, 0.717) is 0 Å². The standard InChI is InChI=1S/C6H6N2O4/c9-4-1-2-6(10)5(3-4)7-8(11)12/h1-3,7,9-10H. The van der Waals surface area contributed by atoms with E-state index in [9.17, 15) is 10.1 Å². The maximum atomic E-state index is 9.93. The molecule has 0 aliphatic heterocycles. The zero-order valence-corrected chi connectivity index (χ0v) is 5.89. The van der Waals surface area contributed by atoms with Crippen LogP contribution in [-0.4, -0.2) is 15.2 Å². The molecule has 0 amide bonds. The molecule has 0 radical (unpaired) electrons. The number of nitrogens with one attached hydrogen (secondary N) is 1. The van der Waals surface area contributed by atoms with E-state index >= 15 is 0 Å². The molecule has 6 nitrogen and oxygen atoms in total. The summed E-state index contributed by atoms with van der Waals surface area (Å²) >= 11 is 0. The Kier molecular flexibility index (Phi) is 2.00. The molecule has 0 aliphatic carbocycles. The maximum absolute atomic E-state index is 9.93. The van der Waals surface area contributed by atoms with Crippen molar-refractivity contribution >= 4 is 5.69 Å². The fourth-order valence-corrected chi connectivity index (χ4v) is 0.712. The van der Waals surface area contributed by atoms with Crippen LogP contribution in [0.4, 0.5) is 5.69 Å². The van der Waals surface area contributed by atoms with Crippen LogP contribution in [0.3, 0.4) is 0 Å². The number of hydrogen-bond donors (Lipinski definition) is 3. The van der Waals surface area contributed by atoms with Gasteiger partial charge in [0.2, 0.25) is 0 Å². The van der Waals surface area contributed by atoms with Gasteiger partial charge in [-0.1, -0.05) is 0 Å². The predicted molar refractivity (Wildman–Crippen MR) is 40.4 cm³/mol. The van der Waals surface area contributed by atoms with Gasteiger partial charge < -0.3 is 10.2 Å². The molecule has 0 fully saturated rings. The zero-order valence-electron chi connectivity index (χ0n) is 5.89. The van der Waals surface area contributed by atoms with Crippen LogP contribution in [0.1, 0.15) is 0 Å². The summed E-state index contributed by atoms with van der Waals surface area (Å²) in [5.74, 6) is -0.443. The molecular weight excluding hydrogens is 164 g/mol. The minimum atomic E-state index is -0.825. The van der Waals surface area contributed by atoms with Crippen molar-refractivity contribution in [3.8, 4) is 11.5 Å². The quantitative estimate of drug-likeness (QED) is 0.263. The monoisotopic (exact) mass is 170 g/mol. The molecule has 1 aromatic carbocycles. The van der Waals surface area contributed by atoms with Crippen LogP contribution in [0.5, 0.6) is 11.5 Å². The summed E-state index contributed by atoms with van der Waals surface area (Å²) in [5.41, 5.74) is 1.59. The average Bonchev–Trinajstić information content (AvgIpc) is 1.96. The van der Waals surface area contributed by atoms with Crippen molar-refractivity contribution in [2.24, 2.45) is 0 Å². The molecule has 3 N–H and O–H groups in total. The van der Waals surface area contributed by atoms with Gasteiger partial charge in [-0.05, 0) is 12.1 Å². The molecule has 0 bridgehead atoms. The minimum absolute atomic E-state index is 0.139. The van der Waals surface area contributed by atoms with Crippen LogP contribution in [0.2, 0.25) is 0 Å². The molecule has 0 aromatic heterocycles. The maximum Gasteiger partial charge on any atom is 0.162 e. The van der Waals surface area contributed by atoms with E-state index < -0.39 is 5.03 Å². The SMILES string of the molecule is O=[N+]([O-])Nc1cc(O)ccc1O. The van der Waals surface area contributed by atoms with Crippen molar-refractivity contribution in [3.05, 3.63) is 28.3 Å². The molecule has 0 atom stereocenters. The summed E-state index contributed by atoms with van der Waals surface area (Å²) in [6, 6.07) is 3.43. The number of hydrazine groups is 1. The molecule has 0 spiro atoms. The molecule has 64 valence electrons. The van der Waals surface area contributed by atoms with E-state index in [-0.39, 0.29) is 17.2 Å². The third kappa shape index (κ3) is 1.75. The Morgan fingerprint density at radius 2 is 2.08 bits per heavy atom. The Hall–Kier alpha value is -1.98. The topological polar surface area (TPSA) is 95.6 Å². The molecule has 0 unspecified atom stereocenters. The first-order valence-electron chi connectivity index (χ1n) is 3.02. The first-order valence-corrected chi connectivity index (χ1v) is 3.02. The van der Waals surface area contributed by atoms with Crippen LogP contribution in [0.15, 0.2) is 18.2 Å². The molecule has 0 saturated heterocycles. The molecule has 0 aliphatic rings. The lowest BCUT2D eigenvalue weighted by atomic mass is 10.3. The van der Waals surface area contributed by atoms with Gasteiger partial charge in [0.15, 0.2) is 5.03 Å². The third-order valence-electron chi connectivity index (χ3n) is 1.19. The number of benzene rings is 1. The van der Waals surface area contributed by atoms with Crippen LogP contribution in [-0.2, 0) is 0 Å². The summed E-state index contributed by atoms with van der Waals surface area (Å²) < 4.78 is 0. The number of phenolic OH excluding ortho intramolecular Hbond substituents is 2. The zero-order chi connectivity index (χ0) is 9.14. The largest absolute Gasteiger partial charge is 0.508 e. The van der Waals surface area contributed by atoms with Gasteiger partial charge in [-0.15, -0.1) is 5.43 Å². The number of nitrogens with zero attached hydrogens (tertiary/aromatic N) is 1. The molecule has 0 heterocycles. The predicted octanol–water partition coefficient (Wildman–Crippen LogP) is 0.701. The molecule has 0 saturated carbocycles. The highest BCUT2D eigenvalue weighted by Gasteiger charge is 2.05. The van der Waals surface area contributed by atoms with E-state index in [1.807, 2.05) is 0 Å². The minimum Gasteiger partial charge on any atom is -0.508 e. The van der Waals surface area contributed by atoms with Gasteiger partial charge in [-0.3, -0.25) is 0 Å². The lowest BCUT2D eigenvalue weighted by Crippen LogP contribution is -2.07. The van der Waals surface area contributed by atoms with E-state index in [2.05, 4.69) is 0 Å². The van der Waals surface area contributed by atoms with Gasteiger partial charge in [0.25, 0.3) is 0 Å². The molecule has 1 aromatic rings. The highest BCUT2D eigenvalue weighted by molar-refractivity contribution is 5.57. The Balaban J connectivity index is 2.97. The molecule has 6 heteroatoms. The first kappa shape index (κ1) is 8.12. The van der Waals surface area contributed by atoms with Crippen molar-refractivity contribution in [3.63, 3.8) is 0 Å². The smallest absolute Gasteiger partial charge is 0.162 e. The lowest BCUT2D eigenvalue weighted by Gasteiger charge is -2.00. The number of aromatic hydroxyl groups is 2. The fraction of sp³-hybridized carbons (Fsp3) is 0. The van der Waals surface area contributed by atoms with Gasteiger partial charge in [0.1, 0.15) is 17.2 Å². The van der Waals surface area contributed by atoms with E-state index in [0.717, 1.165) is 12.1 Å². The summed E-state index contributed by atoms with van der Waals surface area (Å²) in [4.78, 5) is 9.93.